The van der Waals surface area contributed by atoms with Crippen LogP contribution in [-0.4, -0.2) is 12.3 Å². The lowest BCUT2D eigenvalue weighted by Gasteiger charge is -2.20. The van der Waals surface area contributed by atoms with Crippen molar-refractivity contribution >= 4 is 11.7 Å². The molecule has 128 valence electrons. The predicted molar refractivity (Wildman–Crippen MR) is 89.1 cm³/mol. The van der Waals surface area contributed by atoms with Gasteiger partial charge in [-0.1, -0.05) is 32.0 Å². The number of carbonyl (C=O) groups excluding carboxylic acids is 1. The molecule has 1 unspecified atom stereocenters. The molecular weight excluding hydrogens is 314 g/mol. The predicted octanol–water partition coefficient (Wildman–Crippen LogP) is 4.63. The third kappa shape index (κ3) is 4.68. The van der Waals surface area contributed by atoms with Crippen LogP contribution >= 0.6 is 0 Å². The number of ether oxygens (including phenoxy) is 1. The van der Waals surface area contributed by atoms with Crippen molar-refractivity contribution < 1.29 is 18.3 Å². The Kier molecular flexibility index (Phi) is 5.73. The van der Waals surface area contributed by atoms with Gasteiger partial charge in [-0.25, -0.2) is 13.6 Å². The smallest absolute Gasteiger partial charge is 0.322 e. The number of rotatable bonds is 5. The second kappa shape index (κ2) is 7.77. The summed E-state index contributed by atoms with van der Waals surface area (Å²) in [5.74, 6) is -0.423. The molecule has 2 N–H and O–H groups in total. The van der Waals surface area contributed by atoms with Crippen LogP contribution in [0.2, 0.25) is 0 Å². The average molecular weight is 334 g/mol. The number of hydrogen-bond acceptors (Lipinski definition) is 2. The number of benzene rings is 2. The Hall–Kier alpha value is -2.63. The highest BCUT2D eigenvalue weighted by Gasteiger charge is 2.14. The zero-order chi connectivity index (χ0) is 17.7. The van der Waals surface area contributed by atoms with E-state index in [4.69, 9.17) is 4.74 Å². The molecule has 0 radical (unpaired) electrons. The van der Waals surface area contributed by atoms with Crippen molar-refractivity contribution in [3.63, 3.8) is 0 Å². The second-order valence-corrected chi connectivity index (χ2v) is 5.68. The molecule has 1 atom stereocenters. The van der Waals surface area contributed by atoms with Gasteiger partial charge in [-0.05, 0) is 36.6 Å². The van der Waals surface area contributed by atoms with Gasteiger partial charge < -0.3 is 15.4 Å². The molecule has 0 aliphatic carbocycles. The summed E-state index contributed by atoms with van der Waals surface area (Å²) in [5, 5.41) is 4.79. The highest BCUT2D eigenvalue weighted by atomic mass is 19.1. The Bertz CT molecular complexity index is 720. The van der Waals surface area contributed by atoms with Crippen molar-refractivity contribution in [2.24, 2.45) is 0 Å². The third-order valence-corrected chi connectivity index (χ3v) is 3.36. The maximum atomic E-state index is 13.5. The zero-order valence-electron chi connectivity index (χ0n) is 13.8. The van der Waals surface area contributed by atoms with Crippen LogP contribution in [0.25, 0.3) is 0 Å². The molecule has 24 heavy (non-hydrogen) atoms. The van der Waals surface area contributed by atoms with Crippen molar-refractivity contribution in [3.8, 4) is 5.75 Å². The largest absolute Gasteiger partial charge is 0.471 e. The van der Waals surface area contributed by atoms with Crippen molar-refractivity contribution in [1.29, 1.82) is 0 Å². The Labute approximate surface area is 139 Å². The molecule has 0 saturated heterocycles. The van der Waals surface area contributed by atoms with E-state index in [2.05, 4.69) is 10.6 Å². The molecule has 0 spiro atoms. The Morgan fingerprint density at radius 3 is 2.50 bits per heavy atom. The third-order valence-electron chi connectivity index (χ3n) is 3.36. The molecule has 2 aromatic carbocycles. The average Bonchev–Trinajstić information content (AvgIpc) is 2.51. The quantitative estimate of drug-likeness (QED) is 0.783. The van der Waals surface area contributed by atoms with E-state index in [0.29, 0.717) is 5.75 Å². The first-order chi connectivity index (χ1) is 11.4. The lowest BCUT2D eigenvalue weighted by molar-refractivity contribution is 0.181. The molecule has 0 aliphatic heterocycles. The number of urea groups is 1. The van der Waals surface area contributed by atoms with Crippen LogP contribution < -0.4 is 15.4 Å². The van der Waals surface area contributed by atoms with Crippen molar-refractivity contribution in [2.75, 3.05) is 5.32 Å². The van der Waals surface area contributed by atoms with Gasteiger partial charge in [-0.2, -0.15) is 0 Å². The fraction of sp³-hybridized carbons (Fsp3) is 0.278. The molecule has 2 aromatic rings. The monoisotopic (exact) mass is 334 g/mol. The van der Waals surface area contributed by atoms with E-state index in [1.807, 2.05) is 38.1 Å². The highest BCUT2D eigenvalue weighted by molar-refractivity contribution is 5.89. The summed E-state index contributed by atoms with van der Waals surface area (Å²) >= 11 is 0. The number of nitrogens with one attached hydrogen (secondary N) is 2. The SMILES string of the molecule is CC(NC(=O)Nc1cc(F)ccc1F)Oc1ccccc1C(C)C. The van der Waals surface area contributed by atoms with Gasteiger partial charge in [0.1, 0.15) is 17.4 Å². The van der Waals surface area contributed by atoms with Gasteiger partial charge in [0.05, 0.1) is 5.69 Å². The summed E-state index contributed by atoms with van der Waals surface area (Å²) in [4.78, 5) is 11.9. The first-order valence-electron chi connectivity index (χ1n) is 7.65. The minimum Gasteiger partial charge on any atom is -0.471 e. The van der Waals surface area contributed by atoms with Crippen molar-refractivity contribution in [2.45, 2.75) is 32.9 Å². The number of carbonyl (C=O) groups is 1. The molecule has 2 amide bonds. The van der Waals surface area contributed by atoms with Gasteiger partial charge in [0, 0.05) is 6.07 Å². The summed E-state index contributed by atoms with van der Waals surface area (Å²) in [6, 6.07) is 9.68. The molecule has 0 aliphatic rings. The van der Waals surface area contributed by atoms with E-state index < -0.39 is 23.9 Å². The summed E-state index contributed by atoms with van der Waals surface area (Å²) in [6.07, 6.45) is -0.651. The van der Waals surface area contributed by atoms with Crippen LogP contribution in [0.5, 0.6) is 5.75 Å². The molecule has 6 heteroatoms. The van der Waals surface area contributed by atoms with Crippen LogP contribution in [-0.2, 0) is 0 Å². The van der Waals surface area contributed by atoms with E-state index in [1.165, 1.54) is 0 Å². The molecule has 0 fully saturated rings. The molecule has 0 heterocycles. The van der Waals surface area contributed by atoms with Gasteiger partial charge in [0.2, 0.25) is 0 Å². The topological polar surface area (TPSA) is 50.4 Å². The van der Waals surface area contributed by atoms with Crippen LogP contribution in [0.15, 0.2) is 42.5 Å². The van der Waals surface area contributed by atoms with Crippen LogP contribution in [0.3, 0.4) is 0 Å². The number of anilines is 1. The second-order valence-electron chi connectivity index (χ2n) is 5.68. The van der Waals surface area contributed by atoms with Crippen LogP contribution in [0.4, 0.5) is 19.3 Å². The highest BCUT2D eigenvalue weighted by Crippen LogP contribution is 2.26. The first kappa shape index (κ1) is 17.7. The van der Waals surface area contributed by atoms with Gasteiger partial charge >= 0.3 is 6.03 Å². The summed E-state index contributed by atoms with van der Waals surface area (Å²) in [7, 11) is 0. The normalized spacial score (nSPS) is 11.9. The zero-order valence-corrected chi connectivity index (χ0v) is 13.8. The number of amides is 2. The van der Waals surface area contributed by atoms with Gasteiger partial charge in [0.15, 0.2) is 6.23 Å². The van der Waals surface area contributed by atoms with Crippen molar-refractivity contribution in [3.05, 3.63) is 59.7 Å². The fourth-order valence-corrected chi connectivity index (χ4v) is 2.22. The number of halogens is 2. The standard InChI is InChI=1S/C18H20F2N2O2/c1-11(2)14-6-4-5-7-17(14)24-12(3)21-18(23)22-16-10-13(19)8-9-15(16)20/h4-12H,1-3H3,(H2,21,22,23). The molecule has 4 nitrogen and oxygen atoms in total. The Balaban J connectivity index is 1.98. The number of para-hydroxylation sites is 1. The van der Waals surface area contributed by atoms with E-state index >= 15 is 0 Å². The maximum absolute atomic E-state index is 13.5. The fourth-order valence-electron chi connectivity index (χ4n) is 2.22. The van der Waals surface area contributed by atoms with Gasteiger partial charge in [-0.3, -0.25) is 0 Å². The Morgan fingerprint density at radius 2 is 1.79 bits per heavy atom. The summed E-state index contributed by atoms with van der Waals surface area (Å²) in [5.41, 5.74) is 0.782. The molecule has 0 saturated carbocycles. The van der Waals surface area contributed by atoms with Crippen molar-refractivity contribution in [1.82, 2.24) is 5.32 Å². The molecule has 0 aromatic heterocycles. The number of hydrogen-bond donors (Lipinski definition) is 2. The summed E-state index contributed by atoms with van der Waals surface area (Å²) < 4.78 is 32.3. The van der Waals surface area contributed by atoms with E-state index in [-0.39, 0.29) is 11.6 Å². The Morgan fingerprint density at radius 1 is 1.08 bits per heavy atom. The molecule has 0 bridgehead atoms. The van der Waals surface area contributed by atoms with E-state index in [0.717, 1.165) is 23.8 Å². The minimum atomic E-state index is -0.717. The lowest BCUT2D eigenvalue weighted by Crippen LogP contribution is -2.39. The maximum Gasteiger partial charge on any atom is 0.322 e. The van der Waals surface area contributed by atoms with Gasteiger partial charge in [-0.15, -0.1) is 0 Å². The van der Waals surface area contributed by atoms with Crippen LogP contribution in [0.1, 0.15) is 32.3 Å². The first-order valence-corrected chi connectivity index (χ1v) is 7.65. The van der Waals surface area contributed by atoms with Gasteiger partial charge in [0.25, 0.3) is 0 Å². The van der Waals surface area contributed by atoms with E-state index in [9.17, 15) is 13.6 Å². The minimum absolute atomic E-state index is 0.234. The summed E-state index contributed by atoms with van der Waals surface area (Å²) in [6.45, 7) is 5.73. The molecule has 2 rings (SSSR count). The van der Waals surface area contributed by atoms with Crippen LogP contribution in [0, 0.1) is 11.6 Å². The molecular formula is C18H20F2N2O2. The van der Waals surface area contributed by atoms with E-state index in [1.54, 1.807) is 6.92 Å². The lowest BCUT2D eigenvalue weighted by atomic mass is 10.0.